The van der Waals surface area contributed by atoms with E-state index in [1.807, 2.05) is 0 Å². The normalized spacial score (nSPS) is 16.9. The minimum atomic E-state index is -0.987. The van der Waals surface area contributed by atoms with Crippen LogP contribution >= 0.6 is 0 Å². The lowest BCUT2D eigenvalue weighted by molar-refractivity contribution is 0.0695. The third-order valence-electron chi connectivity index (χ3n) is 2.90. The highest BCUT2D eigenvalue weighted by Crippen LogP contribution is 2.33. The van der Waals surface area contributed by atoms with E-state index in [0.717, 1.165) is 0 Å². The van der Waals surface area contributed by atoms with Crippen LogP contribution in [0.4, 0.5) is 5.95 Å². The summed E-state index contributed by atoms with van der Waals surface area (Å²) in [6.07, 6.45) is 3.85. The zero-order chi connectivity index (χ0) is 11.7. The van der Waals surface area contributed by atoms with Gasteiger partial charge in [0.15, 0.2) is 0 Å². The molecule has 0 amide bonds. The van der Waals surface area contributed by atoms with Gasteiger partial charge in [-0.15, -0.1) is 0 Å². The van der Waals surface area contributed by atoms with Crippen molar-refractivity contribution in [2.45, 2.75) is 32.7 Å². The topological polar surface area (TPSA) is 75.1 Å². The van der Waals surface area contributed by atoms with Gasteiger partial charge in [-0.1, -0.05) is 0 Å². The van der Waals surface area contributed by atoms with Gasteiger partial charge in [0.1, 0.15) is 0 Å². The Morgan fingerprint density at radius 2 is 2.31 bits per heavy atom. The second-order valence-electron chi connectivity index (χ2n) is 4.27. The van der Waals surface area contributed by atoms with Gasteiger partial charge in [0.2, 0.25) is 5.95 Å². The highest BCUT2D eigenvalue weighted by molar-refractivity contribution is 5.88. The number of aromatic carboxylic acids is 1. The molecule has 2 rings (SSSR count). The van der Waals surface area contributed by atoms with Crippen LogP contribution < -0.4 is 5.32 Å². The molecule has 0 radical (unpaired) electrons. The molecule has 1 aliphatic rings. The van der Waals surface area contributed by atoms with Crippen molar-refractivity contribution in [1.82, 2.24) is 9.97 Å². The molecule has 16 heavy (non-hydrogen) atoms. The number of carboxylic acid groups (broad SMARTS) is 1. The molecule has 1 unspecified atom stereocenters. The Kier molecular flexibility index (Phi) is 2.77. The van der Waals surface area contributed by atoms with E-state index in [0.29, 0.717) is 23.6 Å². The number of aryl methyl sites for hydroxylation is 1. The van der Waals surface area contributed by atoms with Crippen LogP contribution in [-0.4, -0.2) is 27.1 Å². The second-order valence-corrected chi connectivity index (χ2v) is 4.27. The first-order valence-corrected chi connectivity index (χ1v) is 5.41. The van der Waals surface area contributed by atoms with Gasteiger partial charge in [-0.05, 0) is 32.6 Å². The fraction of sp³-hybridized carbons (Fsp3) is 0.545. The Labute approximate surface area is 93.9 Å². The molecule has 1 fully saturated rings. The summed E-state index contributed by atoms with van der Waals surface area (Å²) >= 11 is 0. The van der Waals surface area contributed by atoms with Crippen molar-refractivity contribution < 1.29 is 9.90 Å². The Hall–Kier alpha value is -1.65. The van der Waals surface area contributed by atoms with Crippen molar-refractivity contribution in [3.05, 3.63) is 17.5 Å². The molecule has 1 heterocycles. The van der Waals surface area contributed by atoms with Crippen LogP contribution in [0.2, 0.25) is 0 Å². The van der Waals surface area contributed by atoms with Crippen LogP contribution in [0.5, 0.6) is 0 Å². The quantitative estimate of drug-likeness (QED) is 0.809. The summed E-state index contributed by atoms with van der Waals surface area (Å²) in [7, 11) is 0. The molecule has 1 aliphatic carbocycles. The average Bonchev–Trinajstić information content (AvgIpc) is 2.99. The van der Waals surface area contributed by atoms with E-state index in [-0.39, 0.29) is 5.56 Å². The van der Waals surface area contributed by atoms with Gasteiger partial charge in [0.25, 0.3) is 0 Å². The summed E-state index contributed by atoms with van der Waals surface area (Å²) in [6.45, 7) is 3.78. The van der Waals surface area contributed by atoms with Crippen LogP contribution in [0.15, 0.2) is 6.20 Å². The third kappa shape index (κ3) is 2.29. The zero-order valence-electron chi connectivity index (χ0n) is 9.40. The lowest BCUT2D eigenvalue weighted by Crippen LogP contribution is -2.19. The fourth-order valence-electron chi connectivity index (χ4n) is 1.66. The molecule has 5 nitrogen and oxygen atoms in total. The third-order valence-corrected chi connectivity index (χ3v) is 2.90. The van der Waals surface area contributed by atoms with E-state index in [1.165, 1.54) is 19.0 Å². The predicted octanol–water partition coefficient (Wildman–Crippen LogP) is 1.69. The molecule has 1 atom stereocenters. The number of carbonyl (C=O) groups is 1. The maximum atomic E-state index is 10.8. The Balaban J connectivity index is 2.10. The highest BCUT2D eigenvalue weighted by Gasteiger charge is 2.28. The van der Waals surface area contributed by atoms with Crippen LogP contribution in [0, 0.1) is 12.8 Å². The van der Waals surface area contributed by atoms with Crippen molar-refractivity contribution in [2.75, 3.05) is 5.32 Å². The van der Waals surface area contributed by atoms with Crippen molar-refractivity contribution >= 4 is 11.9 Å². The molecular weight excluding hydrogens is 206 g/mol. The lowest BCUT2D eigenvalue weighted by atomic mass is 10.2. The zero-order valence-corrected chi connectivity index (χ0v) is 9.40. The number of nitrogens with one attached hydrogen (secondary N) is 1. The van der Waals surface area contributed by atoms with E-state index in [2.05, 4.69) is 22.2 Å². The summed E-state index contributed by atoms with van der Waals surface area (Å²) in [5.74, 6) is 0.240. The first kappa shape index (κ1) is 10.9. The molecule has 0 aromatic carbocycles. The smallest absolute Gasteiger partial charge is 0.339 e. The molecule has 2 N–H and O–H groups in total. The number of hydrogen-bond acceptors (Lipinski definition) is 4. The average molecular weight is 221 g/mol. The first-order chi connectivity index (χ1) is 7.58. The standard InChI is InChI=1S/C11H15N3O2/c1-6(8-3-4-8)13-11-12-5-9(10(15)16)7(2)14-11/h5-6,8H,3-4H2,1-2H3,(H,15,16)(H,12,13,14). The van der Waals surface area contributed by atoms with Gasteiger partial charge in [-0.3, -0.25) is 0 Å². The van der Waals surface area contributed by atoms with Crippen LogP contribution in [0.1, 0.15) is 35.8 Å². The maximum Gasteiger partial charge on any atom is 0.339 e. The predicted molar refractivity (Wildman–Crippen MR) is 59.5 cm³/mol. The molecule has 0 bridgehead atoms. The van der Waals surface area contributed by atoms with Gasteiger partial charge < -0.3 is 10.4 Å². The minimum Gasteiger partial charge on any atom is -0.478 e. The van der Waals surface area contributed by atoms with E-state index in [1.54, 1.807) is 6.92 Å². The van der Waals surface area contributed by atoms with Crippen molar-refractivity contribution in [1.29, 1.82) is 0 Å². The molecule has 0 spiro atoms. The van der Waals surface area contributed by atoms with Gasteiger partial charge >= 0.3 is 5.97 Å². The molecule has 1 aromatic heterocycles. The number of anilines is 1. The minimum absolute atomic E-state index is 0.157. The summed E-state index contributed by atoms with van der Waals surface area (Å²) in [5, 5.41) is 12.0. The van der Waals surface area contributed by atoms with Gasteiger partial charge in [-0.25, -0.2) is 14.8 Å². The van der Waals surface area contributed by atoms with Crippen molar-refractivity contribution in [3.8, 4) is 0 Å². The van der Waals surface area contributed by atoms with E-state index in [4.69, 9.17) is 5.11 Å². The molecule has 86 valence electrons. The van der Waals surface area contributed by atoms with Gasteiger partial charge in [0.05, 0.1) is 11.3 Å². The fourth-order valence-corrected chi connectivity index (χ4v) is 1.66. The van der Waals surface area contributed by atoms with E-state index >= 15 is 0 Å². The largest absolute Gasteiger partial charge is 0.478 e. The maximum absolute atomic E-state index is 10.8. The molecule has 0 saturated heterocycles. The number of rotatable bonds is 4. The van der Waals surface area contributed by atoms with Crippen LogP contribution in [0.25, 0.3) is 0 Å². The number of hydrogen-bond donors (Lipinski definition) is 2. The molecule has 5 heteroatoms. The molecule has 1 saturated carbocycles. The van der Waals surface area contributed by atoms with Gasteiger partial charge in [-0.2, -0.15) is 0 Å². The molecule has 1 aromatic rings. The lowest BCUT2D eigenvalue weighted by Gasteiger charge is -2.12. The SMILES string of the molecule is Cc1nc(NC(C)C2CC2)ncc1C(=O)O. The van der Waals surface area contributed by atoms with E-state index in [9.17, 15) is 4.79 Å². The highest BCUT2D eigenvalue weighted by atomic mass is 16.4. The molecular formula is C11H15N3O2. The molecule has 0 aliphatic heterocycles. The Morgan fingerprint density at radius 1 is 1.62 bits per heavy atom. The first-order valence-electron chi connectivity index (χ1n) is 5.41. The van der Waals surface area contributed by atoms with Gasteiger partial charge in [0, 0.05) is 12.2 Å². The summed E-state index contributed by atoms with van der Waals surface area (Å²) in [5.41, 5.74) is 0.651. The van der Waals surface area contributed by atoms with E-state index < -0.39 is 5.97 Å². The summed E-state index contributed by atoms with van der Waals surface area (Å²) in [6, 6.07) is 0.357. The van der Waals surface area contributed by atoms with Crippen molar-refractivity contribution in [2.24, 2.45) is 5.92 Å². The second kappa shape index (κ2) is 4.08. The monoisotopic (exact) mass is 221 g/mol. The van der Waals surface area contributed by atoms with Crippen molar-refractivity contribution in [3.63, 3.8) is 0 Å². The van der Waals surface area contributed by atoms with Crippen LogP contribution in [-0.2, 0) is 0 Å². The van der Waals surface area contributed by atoms with Crippen LogP contribution in [0.3, 0.4) is 0 Å². The number of aromatic nitrogens is 2. The number of carboxylic acids is 1. The Morgan fingerprint density at radius 3 is 2.81 bits per heavy atom. The number of nitrogens with zero attached hydrogens (tertiary/aromatic N) is 2. The Bertz CT molecular complexity index is 416. The summed E-state index contributed by atoms with van der Waals surface area (Å²) < 4.78 is 0. The summed E-state index contributed by atoms with van der Waals surface area (Å²) in [4.78, 5) is 18.9.